The van der Waals surface area contributed by atoms with Gasteiger partial charge in [0.05, 0.1) is 0 Å². The van der Waals surface area contributed by atoms with Crippen molar-refractivity contribution in [2.24, 2.45) is 0 Å². The highest BCUT2D eigenvalue weighted by Gasteiger charge is 2.28. The van der Waals surface area contributed by atoms with Crippen LogP contribution in [-0.2, 0) is 6.42 Å². The van der Waals surface area contributed by atoms with Gasteiger partial charge in [0.25, 0.3) is 0 Å². The number of hydrogen-bond acceptors (Lipinski definition) is 1. The van der Waals surface area contributed by atoms with Gasteiger partial charge < -0.3 is 4.74 Å². The van der Waals surface area contributed by atoms with Crippen LogP contribution in [0.2, 0.25) is 0 Å². The minimum absolute atomic E-state index is 0.125. The lowest BCUT2D eigenvalue weighted by Crippen LogP contribution is -2.19. The van der Waals surface area contributed by atoms with Crippen LogP contribution in [0.3, 0.4) is 0 Å². The minimum atomic E-state index is -4.29. The van der Waals surface area contributed by atoms with Gasteiger partial charge in [0.15, 0.2) is 6.61 Å². The Morgan fingerprint density at radius 3 is 2.50 bits per heavy atom. The smallest absolute Gasteiger partial charge is 0.422 e. The van der Waals surface area contributed by atoms with Crippen LogP contribution < -0.4 is 4.74 Å². The summed E-state index contributed by atoms with van der Waals surface area (Å²) in [5.41, 5.74) is 1.02. The molecule has 1 radical (unpaired) electrons. The predicted molar refractivity (Wildman–Crippen MR) is 46.2 cm³/mol. The van der Waals surface area contributed by atoms with E-state index in [2.05, 4.69) is 10.8 Å². The fraction of sp³-hybridized carbons (Fsp3) is 0.400. The van der Waals surface area contributed by atoms with E-state index in [1.165, 1.54) is 6.07 Å². The summed E-state index contributed by atoms with van der Waals surface area (Å²) < 4.78 is 39.7. The Bertz CT molecular complexity index is 276. The van der Waals surface area contributed by atoms with E-state index in [0.29, 0.717) is 0 Å². The highest BCUT2D eigenvalue weighted by Crippen LogP contribution is 2.18. The zero-order valence-electron chi connectivity index (χ0n) is 7.69. The number of halogens is 3. The van der Waals surface area contributed by atoms with E-state index in [9.17, 15) is 13.2 Å². The van der Waals surface area contributed by atoms with Crippen molar-refractivity contribution in [1.82, 2.24) is 0 Å². The summed E-state index contributed by atoms with van der Waals surface area (Å²) in [6, 6.07) is 7.48. The fourth-order valence-electron chi connectivity index (χ4n) is 0.912. The molecule has 0 spiro atoms. The molecule has 0 amide bonds. The van der Waals surface area contributed by atoms with Crippen molar-refractivity contribution in [3.63, 3.8) is 0 Å². The van der Waals surface area contributed by atoms with E-state index in [-0.39, 0.29) is 5.75 Å². The number of benzene rings is 1. The maximum absolute atomic E-state index is 11.7. The maximum Gasteiger partial charge on any atom is 0.422 e. The van der Waals surface area contributed by atoms with E-state index in [4.69, 9.17) is 0 Å². The largest absolute Gasteiger partial charge is 0.483 e. The Hall–Kier alpha value is -1.19. The normalized spacial score (nSPS) is 11.4. The average Bonchev–Trinajstić information content (AvgIpc) is 2.14. The minimum Gasteiger partial charge on any atom is -0.483 e. The molecule has 0 saturated carbocycles. The SMILES string of the molecule is CCc1c[c]c(OCC(F)(F)F)cc1. The van der Waals surface area contributed by atoms with Crippen LogP contribution >= 0.6 is 0 Å². The van der Waals surface area contributed by atoms with Gasteiger partial charge in [-0.15, -0.1) is 0 Å². The van der Waals surface area contributed by atoms with Crippen LogP contribution in [-0.4, -0.2) is 12.8 Å². The Balaban J connectivity index is 2.52. The van der Waals surface area contributed by atoms with Crippen LogP contribution in [0.5, 0.6) is 5.75 Å². The molecule has 0 saturated heterocycles. The average molecular weight is 203 g/mol. The lowest BCUT2D eigenvalue weighted by molar-refractivity contribution is -0.153. The van der Waals surface area contributed by atoms with Crippen molar-refractivity contribution in [3.05, 3.63) is 29.8 Å². The van der Waals surface area contributed by atoms with Crippen LogP contribution in [0.15, 0.2) is 18.2 Å². The molecule has 0 bridgehead atoms. The first-order chi connectivity index (χ1) is 6.51. The second-order valence-electron chi connectivity index (χ2n) is 2.82. The Morgan fingerprint density at radius 1 is 1.36 bits per heavy atom. The molecule has 1 nitrogen and oxygen atoms in total. The quantitative estimate of drug-likeness (QED) is 0.733. The molecule has 0 unspecified atom stereocenters. The summed E-state index contributed by atoms with van der Waals surface area (Å²) in [7, 11) is 0. The first kappa shape index (κ1) is 10.9. The van der Waals surface area contributed by atoms with Gasteiger partial charge in [0.1, 0.15) is 5.75 Å². The molecule has 0 aliphatic rings. The predicted octanol–water partition coefficient (Wildman–Crippen LogP) is 2.99. The molecule has 1 aromatic rings. The Labute approximate surface area is 80.5 Å². The number of rotatable bonds is 3. The number of aryl methyl sites for hydroxylation is 1. The lowest BCUT2D eigenvalue weighted by Gasteiger charge is -2.08. The van der Waals surface area contributed by atoms with Gasteiger partial charge in [-0.1, -0.05) is 13.0 Å². The van der Waals surface area contributed by atoms with Crippen LogP contribution in [0.1, 0.15) is 12.5 Å². The second kappa shape index (κ2) is 4.35. The summed E-state index contributed by atoms with van der Waals surface area (Å²) in [6.45, 7) is 0.689. The van der Waals surface area contributed by atoms with Gasteiger partial charge in [-0.05, 0) is 24.1 Å². The fourth-order valence-corrected chi connectivity index (χ4v) is 0.912. The molecule has 0 aliphatic carbocycles. The zero-order chi connectivity index (χ0) is 10.6. The van der Waals surface area contributed by atoms with Crippen LogP contribution in [0, 0.1) is 6.07 Å². The summed E-state index contributed by atoms with van der Waals surface area (Å²) in [5.74, 6) is 0.125. The first-order valence-corrected chi connectivity index (χ1v) is 4.21. The van der Waals surface area contributed by atoms with Gasteiger partial charge >= 0.3 is 6.18 Å². The Morgan fingerprint density at radius 2 is 2.07 bits per heavy atom. The van der Waals surface area contributed by atoms with Crippen molar-refractivity contribution in [2.75, 3.05) is 6.61 Å². The zero-order valence-corrected chi connectivity index (χ0v) is 7.69. The van der Waals surface area contributed by atoms with E-state index in [0.717, 1.165) is 12.0 Å². The highest BCUT2D eigenvalue weighted by molar-refractivity contribution is 5.25. The third-order valence-electron chi connectivity index (χ3n) is 1.65. The number of alkyl halides is 3. The Kier molecular flexibility index (Phi) is 3.38. The molecule has 1 aromatic carbocycles. The maximum atomic E-state index is 11.7. The molecular weight excluding hydrogens is 193 g/mol. The van der Waals surface area contributed by atoms with Crippen molar-refractivity contribution < 1.29 is 17.9 Å². The molecular formula is C10H10F3O. The summed E-state index contributed by atoms with van der Waals surface area (Å²) in [5, 5.41) is 0. The van der Waals surface area contributed by atoms with Crippen LogP contribution in [0.25, 0.3) is 0 Å². The molecule has 0 N–H and O–H groups in total. The van der Waals surface area contributed by atoms with E-state index < -0.39 is 12.8 Å². The molecule has 0 heterocycles. The molecule has 0 atom stereocenters. The van der Waals surface area contributed by atoms with E-state index in [1.807, 2.05) is 6.92 Å². The van der Waals surface area contributed by atoms with Crippen molar-refractivity contribution in [2.45, 2.75) is 19.5 Å². The topological polar surface area (TPSA) is 9.23 Å². The molecule has 0 aromatic heterocycles. The number of ether oxygens (including phenoxy) is 1. The second-order valence-corrected chi connectivity index (χ2v) is 2.82. The van der Waals surface area contributed by atoms with E-state index >= 15 is 0 Å². The van der Waals surface area contributed by atoms with Gasteiger partial charge in [-0.2, -0.15) is 13.2 Å². The van der Waals surface area contributed by atoms with Gasteiger partial charge in [-0.3, -0.25) is 0 Å². The van der Waals surface area contributed by atoms with Gasteiger partial charge in [0, 0.05) is 6.07 Å². The number of hydrogen-bond donors (Lipinski definition) is 0. The van der Waals surface area contributed by atoms with Crippen molar-refractivity contribution >= 4 is 0 Å². The monoisotopic (exact) mass is 203 g/mol. The summed E-state index contributed by atoms with van der Waals surface area (Å²) in [4.78, 5) is 0. The molecule has 0 fully saturated rings. The van der Waals surface area contributed by atoms with Crippen LogP contribution in [0.4, 0.5) is 13.2 Å². The molecule has 0 aliphatic heterocycles. The molecule has 14 heavy (non-hydrogen) atoms. The first-order valence-electron chi connectivity index (χ1n) is 4.21. The summed E-state index contributed by atoms with van der Waals surface area (Å²) in [6.07, 6.45) is -3.46. The highest BCUT2D eigenvalue weighted by atomic mass is 19.4. The lowest BCUT2D eigenvalue weighted by atomic mass is 10.2. The van der Waals surface area contributed by atoms with Gasteiger partial charge in [0.2, 0.25) is 0 Å². The van der Waals surface area contributed by atoms with Crippen molar-refractivity contribution in [1.29, 1.82) is 0 Å². The third-order valence-corrected chi connectivity index (χ3v) is 1.65. The van der Waals surface area contributed by atoms with Crippen molar-refractivity contribution in [3.8, 4) is 5.75 Å². The molecule has 1 rings (SSSR count). The summed E-state index contributed by atoms with van der Waals surface area (Å²) >= 11 is 0. The van der Waals surface area contributed by atoms with Gasteiger partial charge in [-0.25, -0.2) is 0 Å². The third kappa shape index (κ3) is 3.68. The molecule has 77 valence electrons. The van der Waals surface area contributed by atoms with E-state index in [1.54, 1.807) is 12.1 Å². The molecule has 4 heteroatoms. The standard InChI is InChI=1S/C10H10F3O/c1-2-8-3-5-9(6-4-8)14-7-10(11,12)13/h3-5H,2,7H2,1H3.